The molecule has 1 N–H and O–H groups in total. The summed E-state index contributed by atoms with van der Waals surface area (Å²) in [5.41, 5.74) is 1.25. The van der Waals surface area contributed by atoms with E-state index >= 15 is 0 Å². The van der Waals surface area contributed by atoms with Gasteiger partial charge in [0.15, 0.2) is 5.43 Å². The van der Waals surface area contributed by atoms with Crippen molar-refractivity contribution in [2.24, 2.45) is 0 Å². The Morgan fingerprint density at radius 2 is 1.76 bits per heavy atom. The maximum absolute atomic E-state index is 13.6. The van der Waals surface area contributed by atoms with E-state index < -0.39 is 11.2 Å². The monoisotopic (exact) mass is 497 g/mol. The molecule has 0 atom stereocenters. The maximum atomic E-state index is 13.6. The van der Waals surface area contributed by atoms with Crippen LogP contribution in [0.25, 0.3) is 33.2 Å². The lowest BCUT2D eigenvalue weighted by Gasteiger charge is -2.33. The van der Waals surface area contributed by atoms with Crippen molar-refractivity contribution in [2.45, 2.75) is 45.1 Å². The molecule has 0 unspecified atom stereocenters. The van der Waals surface area contributed by atoms with Gasteiger partial charge in [-0.25, -0.2) is 4.79 Å². The highest BCUT2D eigenvalue weighted by Gasteiger charge is 2.27. The number of fused-ring (bicyclic) bond motifs is 2. The zero-order valence-electron chi connectivity index (χ0n) is 21.0. The van der Waals surface area contributed by atoms with Gasteiger partial charge in [0.05, 0.1) is 22.5 Å². The second kappa shape index (κ2) is 9.25. The number of furan rings is 1. The van der Waals surface area contributed by atoms with Gasteiger partial charge in [-0.2, -0.15) is 5.26 Å². The third-order valence-electron chi connectivity index (χ3n) is 6.64. The van der Waals surface area contributed by atoms with Crippen LogP contribution in [0.5, 0.6) is 0 Å². The average Bonchev–Trinajstić information content (AvgIpc) is 3.30. The van der Waals surface area contributed by atoms with Crippen LogP contribution in [0.3, 0.4) is 0 Å². The van der Waals surface area contributed by atoms with E-state index in [1.54, 1.807) is 41.3 Å². The first-order valence-electron chi connectivity index (χ1n) is 12.3. The second-order valence-corrected chi connectivity index (χ2v) is 10.4. The highest BCUT2D eigenvalue weighted by Crippen LogP contribution is 2.31. The van der Waals surface area contributed by atoms with Gasteiger partial charge in [0.1, 0.15) is 11.4 Å². The molecule has 0 bridgehead atoms. The fraction of sp³-hybridized carbons (Fsp3) is 0.310. The highest BCUT2D eigenvalue weighted by molar-refractivity contribution is 5.90. The van der Waals surface area contributed by atoms with Gasteiger partial charge < -0.3 is 19.0 Å². The van der Waals surface area contributed by atoms with Crippen LogP contribution in [0, 0.1) is 11.3 Å². The maximum Gasteiger partial charge on any atom is 0.410 e. The Morgan fingerprint density at radius 1 is 1.05 bits per heavy atom. The number of H-pyrrole nitrogens is 1. The van der Waals surface area contributed by atoms with Gasteiger partial charge >= 0.3 is 6.09 Å². The normalized spacial score (nSPS) is 14.6. The highest BCUT2D eigenvalue weighted by atomic mass is 16.6. The molecule has 1 aliphatic rings. The van der Waals surface area contributed by atoms with Crippen molar-refractivity contribution in [3.63, 3.8) is 0 Å². The number of carbonyl (C=O) groups excluding carboxylic acids is 1. The molecule has 1 amide bonds. The van der Waals surface area contributed by atoms with Crippen molar-refractivity contribution < 1.29 is 13.9 Å². The van der Waals surface area contributed by atoms with Gasteiger partial charge in [-0.1, -0.05) is 6.07 Å². The van der Waals surface area contributed by atoms with E-state index in [0.29, 0.717) is 40.9 Å². The molecule has 2 aromatic carbocycles. The number of ether oxygens (including phenoxy) is 1. The van der Waals surface area contributed by atoms with Crippen molar-refractivity contribution in [1.29, 1.82) is 5.26 Å². The number of carbonyl (C=O) groups is 1. The van der Waals surface area contributed by atoms with E-state index in [0.717, 1.165) is 18.4 Å². The van der Waals surface area contributed by atoms with E-state index in [-0.39, 0.29) is 28.4 Å². The first kappa shape index (κ1) is 24.3. The van der Waals surface area contributed by atoms with Gasteiger partial charge in [-0.3, -0.25) is 9.59 Å². The van der Waals surface area contributed by atoms with Crippen LogP contribution in [0.15, 0.2) is 62.5 Å². The minimum Gasteiger partial charge on any atom is -0.450 e. The van der Waals surface area contributed by atoms with Gasteiger partial charge in [-0.05, 0) is 87.6 Å². The number of hydrogen-bond acceptors (Lipinski definition) is 6. The van der Waals surface area contributed by atoms with Crippen LogP contribution in [-0.4, -0.2) is 34.7 Å². The molecule has 2 aromatic heterocycles. The number of amides is 1. The minimum atomic E-state index is -0.540. The predicted octanol–water partition coefficient (Wildman–Crippen LogP) is 5.29. The summed E-state index contributed by atoms with van der Waals surface area (Å²) >= 11 is 0. The molecule has 0 radical (unpaired) electrons. The smallest absolute Gasteiger partial charge is 0.410 e. The number of nitrogens with zero attached hydrogens (tertiary/aromatic N) is 2. The molecule has 8 heteroatoms. The molecule has 0 aliphatic carbocycles. The number of aromatic amines is 1. The summed E-state index contributed by atoms with van der Waals surface area (Å²) in [6, 6.07) is 15.9. The number of aromatic nitrogens is 1. The summed E-state index contributed by atoms with van der Waals surface area (Å²) in [6.07, 6.45) is 1.19. The van der Waals surface area contributed by atoms with Crippen LogP contribution < -0.4 is 11.0 Å². The van der Waals surface area contributed by atoms with Gasteiger partial charge in [0.25, 0.3) is 5.56 Å². The number of piperidine rings is 1. The minimum absolute atomic E-state index is 0.0345. The van der Waals surface area contributed by atoms with Crippen molar-refractivity contribution >= 4 is 28.0 Å². The molecule has 188 valence electrons. The zero-order valence-corrected chi connectivity index (χ0v) is 21.0. The Hall–Kier alpha value is -4.38. The lowest BCUT2D eigenvalue weighted by Crippen LogP contribution is -2.41. The van der Waals surface area contributed by atoms with Gasteiger partial charge in [0.2, 0.25) is 5.58 Å². The predicted molar refractivity (Wildman–Crippen MR) is 141 cm³/mol. The molecule has 8 nitrogen and oxygen atoms in total. The van der Waals surface area contributed by atoms with Crippen LogP contribution >= 0.6 is 0 Å². The summed E-state index contributed by atoms with van der Waals surface area (Å²) < 4.78 is 11.3. The first-order valence-corrected chi connectivity index (χ1v) is 12.3. The quantitative estimate of drug-likeness (QED) is 0.402. The average molecular weight is 498 g/mol. The third-order valence-corrected chi connectivity index (χ3v) is 6.64. The topological polar surface area (TPSA) is 116 Å². The Bertz CT molecular complexity index is 1660. The van der Waals surface area contributed by atoms with Crippen LogP contribution in [0.1, 0.15) is 50.7 Å². The molecule has 5 rings (SSSR count). The molecule has 37 heavy (non-hydrogen) atoms. The molecule has 1 fully saturated rings. The van der Waals surface area contributed by atoms with Crippen LogP contribution in [-0.2, 0) is 4.74 Å². The molecule has 1 aliphatic heterocycles. The molecule has 4 aromatic rings. The number of nitriles is 1. The molecule has 1 saturated heterocycles. The molecular formula is C29H27N3O5. The summed E-state index contributed by atoms with van der Waals surface area (Å²) in [7, 11) is 0. The Morgan fingerprint density at radius 3 is 2.41 bits per heavy atom. The lowest BCUT2D eigenvalue weighted by molar-refractivity contribution is 0.0205. The molecule has 0 saturated carbocycles. The van der Waals surface area contributed by atoms with E-state index in [1.165, 1.54) is 0 Å². The number of likely N-dealkylation sites (tertiary alicyclic amines) is 1. The van der Waals surface area contributed by atoms with Gasteiger partial charge in [0, 0.05) is 24.0 Å². The third kappa shape index (κ3) is 4.85. The van der Waals surface area contributed by atoms with Crippen molar-refractivity contribution in [3.8, 4) is 17.4 Å². The number of hydrogen-bond donors (Lipinski definition) is 1. The first-order chi connectivity index (χ1) is 17.6. The SMILES string of the molecule is CC(C)(C)OC(=O)N1CCC(c2ccc3[nH]c(=O)c4oc(-c5ccc(C#N)cc5)cc4c(=O)c3c2)CC1. The van der Waals surface area contributed by atoms with E-state index in [2.05, 4.69) is 11.1 Å². The lowest BCUT2D eigenvalue weighted by atomic mass is 9.89. The Kier molecular flexibility index (Phi) is 6.08. The molecule has 0 spiro atoms. The van der Waals surface area contributed by atoms with Crippen molar-refractivity contribution in [3.05, 3.63) is 80.2 Å². The molecular weight excluding hydrogens is 470 g/mol. The summed E-state index contributed by atoms with van der Waals surface area (Å²) in [4.78, 5) is 43.4. The standard InChI is InChI=1S/C29H27N3O5/c1-29(2,3)37-28(35)32-12-10-18(11-13-32)20-8-9-23-21(14-20)25(33)22-15-24(36-26(22)27(34)31-23)19-6-4-17(16-30)5-7-19/h4-9,14-15,18H,10-13H2,1-3H3,(H,31,34). The number of nitrogens with one attached hydrogen (secondary N) is 1. The number of rotatable bonds is 2. The Labute approximate surface area is 213 Å². The van der Waals surface area contributed by atoms with Crippen molar-refractivity contribution in [2.75, 3.05) is 13.1 Å². The van der Waals surface area contributed by atoms with Crippen LogP contribution in [0.4, 0.5) is 4.79 Å². The largest absolute Gasteiger partial charge is 0.450 e. The number of benzene rings is 2. The summed E-state index contributed by atoms with van der Waals surface area (Å²) in [6.45, 7) is 6.69. The van der Waals surface area contributed by atoms with Crippen molar-refractivity contribution in [1.82, 2.24) is 9.88 Å². The van der Waals surface area contributed by atoms with E-state index in [4.69, 9.17) is 14.4 Å². The molecule has 3 heterocycles. The summed E-state index contributed by atoms with van der Waals surface area (Å²) in [5, 5.41) is 9.64. The Balaban J connectivity index is 1.48. The van der Waals surface area contributed by atoms with E-state index in [9.17, 15) is 14.4 Å². The zero-order chi connectivity index (χ0) is 26.3. The fourth-order valence-electron chi connectivity index (χ4n) is 4.74. The summed E-state index contributed by atoms with van der Waals surface area (Å²) in [5.74, 6) is 0.556. The van der Waals surface area contributed by atoms with E-state index in [1.807, 2.05) is 32.9 Å². The van der Waals surface area contributed by atoms with Crippen LogP contribution in [0.2, 0.25) is 0 Å². The van der Waals surface area contributed by atoms with Gasteiger partial charge in [-0.15, -0.1) is 0 Å². The second-order valence-electron chi connectivity index (χ2n) is 10.4. The fourth-order valence-corrected chi connectivity index (χ4v) is 4.74.